The molecule has 0 saturated heterocycles. The zero-order valence-electron chi connectivity index (χ0n) is 9.87. The number of nitrogens with two attached hydrogens (primary N) is 1. The number of methoxy groups -OCH3 is 1. The lowest BCUT2D eigenvalue weighted by atomic mass is 10.1. The van der Waals surface area contributed by atoms with E-state index in [9.17, 15) is 0 Å². The zero-order chi connectivity index (χ0) is 12.0. The first-order valence-electron chi connectivity index (χ1n) is 5.35. The highest BCUT2D eigenvalue weighted by Gasteiger charge is 2.07. The molecule has 0 aliphatic rings. The summed E-state index contributed by atoms with van der Waals surface area (Å²) in [6, 6.07) is 5.62. The number of halogens is 1. The van der Waals surface area contributed by atoms with Crippen molar-refractivity contribution in [1.82, 2.24) is 4.90 Å². The molecule has 0 heterocycles. The Labute approximate surface area is 102 Å². The van der Waals surface area contributed by atoms with Gasteiger partial charge in [-0.15, -0.1) is 0 Å². The Morgan fingerprint density at radius 2 is 2.19 bits per heavy atom. The van der Waals surface area contributed by atoms with Crippen molar-refractivity contribution in [2.45, 2.75) is 13.0 Å². The van der Waals surface area contributed by atoms with Crippen molar-refractivity contribution in [2.24, 2.45) is 0 Å². The molecule has 0 aliphatic carbocycles. The van der Waals surface area contributed by atoms with E-state index in [0.717, 1.165) is 42.4 Å². The maximum atomic E-state index is 6.10. The fraction of sp³-hybridized carbons (Fsp3) is 0.500. The quantitative estimate of drug-likeness (QED) is 0.615. The normalized spacial score (nSPS) is 11.0. The molecule has 3 nitrogen and oxygen atoms in total. The minimum atomic E-state index is 0.735. The van der Waals surface area contributed by atoms with E-state index in [1.165, 1.54) is 0 Å². The maximum Gasteiger partial charge on any atom is 0.0474 e. The molecular formula is C12H19ClN2O. The van der Waals surface area contributed by atoms with Crippen LogP contribution in [0.3, 0.4) is 0 Å². The molecule has 16 heavy (non-hydrogen) atoms. The molecule has 0 bridgehead atoms. The predicted octanol–water partition coefficient (Wildman–Crippen LogP) is 2.39. The second kappa shape index (κ2) is 6.74. The van der Waals surface area contributed by atoms with E-state index in [1.807, 2.05) is 18.2 Å². The van der Waals surface area contributed by atoms with Gasteiger partial charge >= 0.3 is 0 Å². The molecule has 1 aromatic rings. The summed E-state index contributed by atoms with van der Waals surface area (Å²) in [5, 5.41) is 0.735. The van der Waals surface area contributed by atoms with E-state index in [1.54, 1.807) is 7.11 Å². The van der Waals surface area contributed by atoms with Crippen molar-refractivity contribution in [3.05, 3.63) is 28.8 Å². The summed E-state index contributed by atoms with van der Waals surface area (Å²) in [7, 11) is 3.77. The van der Waals surface area contributed by atoms with E-state index in [2.05, 4.69) is 11.9 Å². The highest BCUT2D eigenvalue weighted by molar-refractivity contribution is 6.31. The molecule has 4 heteroatoms. The number of benzene rings is 1. The van der Waals surface area contributed by atoms with Gasteiger partial charge in [-0.25, -0.2) is 0 Å². The Hall–Kier alpha value is -0.770. The number of anilines is 1. The second-order valence-electron chi connectivity index (χ2n) is 3.89. The summed E-state index contributed by atoms with van der Waals surface area (Å²) in [6.07, 6.45) is 1.01. The first-order valence-corrected chi connectivity index (χ1v) is 5.73. The van der Waals surface area contributed by atoms with E-state index in [-0.39, 0.29) is 0 Å². The number of nitrogens with zero attached hydrogens (tertiary/aromatic N) is 1. The SMILES string of the molecule is COCCCN(C)Cc1c(N)cccc1Cl. The molecule has 0 radical (unpaired) electrons. The molecule has 0 fully saturated rings. The van der Waals surface area contributed by atoms with Gasteiger partial charge < -0.3 is 15.4 Å². The van der Waals surface area contributed by atoms with Crippen LogP contribution in [0.1, 0.15) is 12.0 Å². The van der Waals surface area contributed by atoms with Gasteiger partial charge in [0.1, 0.15) is 0 Å². The molecule has 2 N–H and O–H groups in total. The largest absolute Gasteiger partial charge is 0.398 e. The van der Waals surface area contributed by atoms with E-state index >= 15 is 0 Å². The van der Waals surface area contributed by atoms with Gasteiger partial charge in [0, 0.05) is 43.1 Å². The van der Waals surface area contributed by atoms with Crippen molar-refractivity contribution in [2.75, 3.05) is 33.0 Å². The van der Waals surface area contributed by atoms with E-state index in [4.69, 9.17) is 22.1 Å². The molecule has 0 aliphatic heterocycles. The molecule has 0 atom stereocenters. The van der Waals surface area contributed by atoms with Gasteiger partial charge in [-0.2, -0.15) is 0 Å². The van der Waals surface area contributed by atoms with Crippen molar-refractivity contribution in [1.29, 1.82) is 0 Å². The van der Waals surface area contributed by atoms with Crippen LogP contribution in [0.25, 0.3) is 0 Å². The van der Waals surface area contributed by atoms with Crippen LogP contribution < -0.4 is 5.73 Å². The third kappa shape index (κ3) is 4.00. The van der Waals surface area contributed by atoms with Crippen LogP contribution in [-0.2, 0) is 11.3 Å². The minimum absolute atomic E-state index is 0.735. The van der Waals surface area contributed by atoms with Gasteiger partial charge in [-0.1, -0.05) is 17.7 Å². The molecular weight excluding hydrogens is 224 g/mol. The minimum Gasteiger partial charge on any atom is -0.398 e. The van der Waals surface area contributed by atoms with Crippen LogP contribution >= 0.6 is 11.6 Å². The zero-order valence-corrected chi connectivity index (χ0v) is 10.6. The van der Waals surface area contributed by atoms with Crippen LogP contribution in [0.15, 0.2) is 18.2 Å². The second-order valence-corrected chi connectivity index (χ2v) is 4.30. The Balaban J connectivity index is 2.52. The average molecular weight is 243 g/mol. The molecule has 0 saturated carbocycles. The van der Waals surface area contributed by atoms with Crippen molar-refractivity contribution < 1.29 is 4.74 Å². The highest BCUT2D eigenvalue weighted by Crippen LogP contribution is 2.23. The Morgan fingerprint density at radius 1 is 1.44 bits per heavy atom. The molecule has 0 spiro atoms. The summed E-state index contributed by atoms with van der Waals surface area (Å²) in [5.41, 5.74) is 7.65. The van der Waals surface area contributed by atoms with Crippen LogP contribution in [0, 0.1) is 0 Å². The third-order valence-electron chi connectivity index (χ3n) is 2.47. The summed E-state index contributed by atoms with van der Waals surface area (Å²) in [6.45, 7) is 2.52. The predicted molar refractivity (Wildman–Crippen MR) is 68.7 cm³/mol. The lowest BCUT2D eigenvalue weighted by molar-refractivity contribution is 0.178. The smallest absolute Gasteiger partial charge is 0.0474 e. The number of hydrogen-bond acceptors (Lipinski definition) is 3. The van der Waals surface area contributed by atoms with Gasteiger partial charge in [0.15, 0.2) is 0 Å². The summed E-state index contributed by atoms with van der Waals surface area (Å²) in [4.78, 5) is 2.19. The van der Waals surface area contributed by atoms with Crippen molar-refractivity contribution in [3.63, 3.8) is 0 Å². The molecule has 1 rings (SSSR count). The average Bonchev–Trinajstić information content (AvgIpc) is 2.24. The first-order chi connectivity index (χ1) is 7.65. The molecule has 0 unspecified atom stereocenters. The van der Waals surface area contributed by atoms with Crippen LogP contribution in [-0.4, -0.2) is 32.2 Å². The van der Waals surface area contributed by atoms with Crippen LogP contribution in [0.5, 0.6) is 0 Å². The lowest BCUT2D eigenvalue weighted by Crippen LogP contribution is -2.21. The van der Waals surface area contributed by atoms with E-state index < -0.39 is 0 Å². The lowest BCUT2D eigenvalue weighted by Gasteiger charge is -2.18. The van der Waals surface area contributed by atoms with Crippen LogP contribution in [0.4, 0.5) is 5.69 Å². The number of nitrogen functional groups attached to an aromatic ring is 1. The molecule has 90 valence electrons. The Morgan fingerprint density at radius 3 is 2.81 bits per heavy atom. The summed E-state index contributed by atoms with van der Waals surface area (Å²) < 4.78 is 5.01. The van der Waals surface area contributed by atoms with E-state index in [0.29, 0.717) is 0 Å². The Bertz CT molecular complexity index is 311. The van der Waals surface area contributed by atoms with Gasteiger partial charge in [0.2, 0.25) is 0 Å². The Kier molecular flexibility index (Phi) is 5.60. The maximum absolute atomic E-state index is 6.10. The number of ether oxygens (including phenoxy) is 1. The number of rotatable bonds is 6. The molecule has 0 amide bonds. The molecule has 1 aromatic carbocycles. The first kappa shape index (κ1) is 13.3. The van der Waals surface area contributed by atoms with Gasteiger partial charge in [-0.3, -0.25) is 0 Å². The van der Waals surface area contributed by atoms with Crippen molar-refractivity contribution in [3.8, 4) is 0 Å². The van der Waals surface area contributed by atoms with Gasteiger partial charge in [0.05, 0.1) is 0 Å². The van der Waals surface area contributed by atoms with Gasteiger partial charge in [0.25, 0.3) is 0 Å². The summed E-state index contributed by atoms with van der Waals surface area (Å²) in [5.74, 6) is 0. The fourth-order valence-corrected chi connectivity index (χ4v) is 1.81. The highest BCUT2D eigenvalue weighted by atomic mass is 35.5. The fourth-order valence-electron chi connectivity index (χ4n) is 1.57. The van der Waals surface area contributed by atoms with Crippen molar-refractivity contribution >= 4 is 17.3 Å². The topological polar surface area (TPSA) is 38.5 Å². The van der Waals surface area contributed by atoms with Crippen LogP contribution in [0.2, 0.25) is 5.02 Å². The monoisotopic (exact) mass is 242 g/mol. The summed E-state index contributed by atoms with van der Waals surface area (Å²) >= 11 is 6.10. The molecule has 0 aromatic heterocycles. The van der Waals surface area contributed by atoms with Gasteiger partial charge in [-0.05, 0) is 25.6 Å². The standard InChI is InChI=1S/C12H19ClN2O/c1-15(7-4-8-16-2)9-10-11(13)5-3-6-12(10)14/h3,5-6H,4,7-9,14H2,1-2H3. The number of hydrogen-bond donors (Lipinski definition) is 1. The third-order valence-corrected chi connectivity index (χ3v) is 2.83.